The van der Waals surface area contributed by atoms with Gasteiger partial charge < -0.3 is 4.90 Å². The van der Waals surface area contributed by atoms with E-state index in [9.17, 15) is 4.79 Å². The topological polar surface area (TPSA) is 76.8 Å². The lowest BCUT2D eigenvalue weighted by Gasteiger charge is -2.17. The molecule has 0 bridgehead atoms. The van der Waals surface area contributed by atoms with Gasteiger partial charge in [-0.3, -0.25) is 4.79 Å². The number of rotatable bonds is 5. The van der Waals surface area contributed by atoms with E-state index >= 15 is 0 Å². The molecule has 0 saturated heterocycles. The van der Waals surface area contributed by atoms with E-state index in [2.05, 4.69) is 38.0 Å². The van der Waals surface area contributed by atoms with Gasteiger partial charge in [-0.15, -0.1) is 16.4 Å². The Morgan fingerprint density at radius 2 is 2.26 bits per heavy atom. The summed E-state index contributed by atoms with van der Waals surface area (Å²) >= 11 is 3.08. The van der Waals surface area contributed by atoms with Crippen molar-refractivity contribution in [1.29, 1.82) is 0 Å². The maximum Gasteiger partial charge on any atom is 0.237 e. The number of carbonyl (C=O) groups excluding carboxylic acids is 1. The molecule has 0 radical (unpaired) electrons. The molecule has 1 aliphatic heterocycles. The summed E-state index contributed by atoms with van der Waals surface area (Å²) in [6.07, 6.45) is 3.11. The zero-order chi connectivity index (χ0) is 18.4. The van der Waals surface area contributed by atoms with Crippen molar-refractivity contribution in [3.8, 4) is 11.3 Å². The Bertz CT molecular complexity index is 1010. The zero-order valence-corrected chi connectivity index (χ0v) is 16.5. The van der Waals surface area contributed by atoms with Crippen molar-refractivity contribution in [2.45, 2.75) is 37.4 Å². The van der Waals surface area contributed by atoms with Gasteiger partial charge in [-0.1, -0.05) is 17.8 Å². The molecule has 27 heavy (non-hydrogen) atoms. The number of carbonyl (C=O) groups is 1. The molecule has 3 heterocycles. The SMILES string of the molecule is Cc1nc(-c2ccc3c(c2)CCN3C(=O)CSc2nnnn2C2CC2)cs1. The van der Waals surface area contributed by atoms with E-state index in [1.807, 2.05) is 22.6 Å². The average molecular weight is 399 g/mol. The molecule has 2 aromatic heterocycles. The molecular weight excluding hydrogens is 380 g/mol. The first kappa shape index (κ1) is 16.9. The summed E-state index contributed by atoms with van der Waals surface area (Å²) in [6, 6.07) is 6.68. The molecule has 138 valence electrons. The number of aryl methyl sites for hydroxylation is 1. The molecule has 1 aliphatic carbocycles. The van der Waals surface area contributed by atoms with Crippen LogP contribution in [0, 0.1) is 6.92 Å². The molecule has 1 aromatic carbocycles. The highest BCUT2D eigenvalue weighted by atomic mass is 32.2. The summed E-state index contributed by atoms with van der Waals surface area (Å²) in [4.78, 5) is 19.2. The average Bonchev–Trinajstić information content (AvgIpc) is 3.08. The smallest absolute Gasteiger partial charge is 0.237 e. The fraction of sp³-hybridized carbons (Fsp3) is 0.389. The number of thiazole rings is 1. The molecule has 1 amide bonds. The molecule has 9 heteroatoms. The molecule has 3 aromatic rings. The van der Waals surface area contributed by atoms with E-state index in [0.29, 0.717) is 11.8 Å². The number of aromatic nitrogens is 5. The van der Waals surface area contributed by atoms with Crippen LogP contribution in [0.15, 0.2) is 28.7 Å². The van der Waals surface area contributed by atoms with Crippen molar-refractivity contribution in [3.05, 3.63) is 34.2 Å². The Balaban J connectivity index is 1.29. The third kappa shape index (κ3) is 3.25. The second-order valence-electron chi connectivity index (χ2n) is 6.82. The van der Waals surface area contributed by atoms with Gasteiger partial charge in [-0.2, -0.15) is 0 Å². The number of tetrazole rings is 1. The van der Waals surface area contributed by atoms with Gasteiger partial charge in [0.15, 0.2) is 0 Å². The van der Waals surface area contributed by atoms with Crippen molar-refractivity contribution in [2.75, 3.05) is 17.2 Å². The van der Waals surface area contributed by atoms with Crippen LogP contribution in [0.3, 0.4) is 0 Å². The summed E-state index contributed by atoms with van der Waals surface area (Å²) in [5.41, 5.74) is 4.34. The molecular formula is C18H18N6OS2. The Labute approximate surface area is 164 Å². The Morgan fingerprint density at radius 3 is 3.04 bits per heavy atom. The Hall–Kier alpha value is -2.26. The van der Waals surface area contributed by atoms with Gasteiger partial charge in [-0.25, -0.2) is 9.67 Å². The second kappa shape index (κ2) is 6.72. The Morgan fingerprint density at radius 1 is 1.37 bits per heavy atom. The van der Waals surface area contributed by atoms with Gasteiger partial charge >= 0.3 is 0 Å². The monoisotopic (exact) mass is 398 g/mol. The molecule has 1 saturated carbocycles. The highest BCUT2D eigenvalue weighted by molar-refractivity contribution is 7.99. The normalized spacial score (nSPS) is 16.0. The van der Waals surface area contributed by atoms with E-state index in [1.165, 1.54) is 17.3 Å². The molecule has 7 nitrogen and oxygen atoms in total. The van der Waals surface area contributed by atoms with Crippen LogP contribution in [0.1, 0.15) is 29.5 Å². The molecule has 0 atom stereocenters. The first-order chi connectivity index (χ1) is 13.2. The number of benzene rings is 1. The molecule has 2 aliphatic rings. The lowest BCUT2D eigenvalue weighted by atomic mass is 10.1. The van der Waals surface area contributed by atoms with E-state index in [0.717, 1.165) is 52.9 Å². The van der Waals surface area contributed by atoms with Crippen LogP contribution in [0.25, 0.3) is 11.3 Å². The second-order valence-corrected chi connectivity index (χ2v) is 8.82. The van der Waals surface area contributed by atoms with Crippen LogP contribution < -0.4 is 4.90 Å². The number of amides is 1. The minimum atomic E-state index is 0.0985. The minimum Gasteiger partial charge on any atom is -0.311 e. The highest BCUT2D eigenvalue weighted by Gasteiger charge is 2.29. The predicted molar refractivity (Wildman–Crippen MR) is 105 cm³/mol. The van der Waals surface area contributed by atoms with Crippen molar-refractivity contribution in [3.63, 3.8) is 0 Å². The van der Waals surface area contributed by atoms with Crippen LogP contribution in [0.2, 0.25) is 0 Å². The van der Waals surface area contributed by atoms with Crippen molar-refractivity contribution < 1.29 is 4.79 Å². The van der Waals surface area contributed by atoms with Gasteiger partial charge in [0.25, 0.3) is 0 Å². The lowest BCUT2D eigenvalue weighted by Crippen LogP contribution is -2.30. The standard InChI is InChI=1S/C18H18N6OS2/c1-11-19-15(9-26-11)12-2-5-16-13(8-12)6-7-23(16)17(25)10-27-18-20-21-22-24(18)14-3-4-14/h2,5,8-9,14H,3-4,6-7,10H2,1H3. The Kier molecular flexibility index (Phi) is 4.20. The number of hydrogen-bond donors (Lipinski definition) is 0. The van der Waals surface area contributed by atoms with Crippen LogP contribution in [0.5, 0.6) is 0 Å². The lowest BCUT2D eigenvalue weighted by molar-refractivity contribution is -0.116. The zero-order valence-electron chi connectivity index (χ0n) is 14.8. The molecule has 5 rings (SSSR count). The van der Waals surface area contributed by atoms with Gasteiger partial charge in [0.1, 0.15) is 0 Å². The fourth-order valence-electron chi connectivity index (χ4n) is 3.35. The quantitative estimate of drug-likeness (QED) is 0.615. The largest absolute Gasteiger partial charge is 0.311 e. The predicted octanol–water partition coefficient (Wildman–Crippen LogP) is 3.12. The van der Waals surface area contributed by atoms with E-state index in [4.69, 9.17) is 0 Å². The van der Waals surface area contributed by atoms with Crippen molar-refractivity contribution in [2.24, 2.45) is 0 Å². The van der Waals surface area contributed by atoms with Crippen LogP contribution >= 0.6 is 23.1 Å². The van der Waals surface area contributed by atoms with Gasteiger partial charge in [-0.05, 0) is 54.3 Å². The third-order valence-electron chi connectivity index (χ3n) is 4.87. The number of nitrogens with zero attached hydrogens (tertiary/aromatic N) is 6. The van der Waals surface area contributed by atoms with Crippen molar-refractivity contribution in [1.82, 2.24) is 25.2 Å². The van der Waals surface area contributed by atoms with Crippen LogP contribution in [-0.4, -0.2) is 43.4 Å². The van der Waals surface area contributed by atoms with E-state index in [-0.39, 0.29) is 5.91 Å². The number of hydrogen-bond acceptors (Lipinski definition) is 7. The summed E-state index contributed by atoms with van der Waals surface area (Å²) in [5.74, 6) is 0.445. The molecule has 0 spiro atoms. The number of anilines is 1. The summed E-state index contributed by atoms with van der Waals surface area (Å²) in [6.45, 7) is 2.74. The maximum absolute atomic E-state index is 12.8. The summed E-state index contributed by atoms with van der Waals surface area (Å²) in [5, 5.41) is 15.7. The van der Waals surface area contributed by atoms with Gasteiger partial charge in [0.05, 0.1) is 22.5 Å². The highest BCUT2D eigenvalue weighted by Crippen LogP contribution is 2.37. The summed E-state index contributed by atoms with van der Waals surface area (Å²) < 4.78 is 1.85. The summed E-state index contributed by atoms with van der Waals surface area (Å²) in [7, 11) is 0. The first-order valence-corrected chi connectivity index (χ1v) is 10.8. The van der Waals surface area contributed by atoms with E-state index < -0.39 is 0 Å². The number of fused-ring (bicyclic) bond motifs is 1. The fourth-order valence-corrected chi connectivity index (χ4v) is 4.79. The van der Waals surface area contributed by atoms with Crippen molar-refractivity contribution >= 4 is 34.7 Å². The first-order valence-electron chi connectivity index (χ1n) is 8.95. The third-order valence-corrected chi connectivity index (χ3v) is 6.56. The van der Waals surface area contributed by atoms with Gasteiger partial charge in [0.2, 0.25) is 11.1 Å². The van der Waals surface area contributed by atoms with Crippen LogP contribution in [-0.2, 0) is 11.2 Å². The molecule has 0 unspecified atom stereocenters. The van der Waals surface area contributed by atoms with Gasteiger partial charge in [0, 0.05) is 23.2 Å². The minimum absolute atomic E-state index is 0.0985. The van der Waals surface area contributed by atoms with Crippen LogP contribution in [0.4, 0.5) is 5.69 Å². The molecule has 1 fully saturated rings. The van der Waals surface area contributed by atoms with E-state index in [1.54, 1.807) is 11.3 Å². The number of thioether (sulfide) groups is 1. The molecule has 0 N–H and O–H groups in total. The maximum atomic E-state index is 12.8.